The van der Waals surface area contributed by atoms with Crippen molar-refractivity contribution >= 4 is 0 Å². The molecule has 0 saturated carbocycles. The van der Waals surface area contributed by atoms with E-state index in [0.29, 0.717) is 5.89 Å². The molecule has 2 aromatic carbocycles. The maximum atomic E-state index is 6.11. The maximum Gasteiger partial charge on any atom is 0.341 e. The maximum absolute atomic E-state index is 6.11. The van der Waals surface area contributed by atoms with Gasteiger partial charge in [-0.1, -0.05) is 48.5 Å². The molecule has 1 fully saturated rings. The van der Waals surface area contributed by atoms with E-state index in [-0.39, 0.29) is 0 Å². The third-order valence-electron chi connectivity index (χ3n) is 4.10. The van der Waals surface area contributed by atoms with E-state index < -0.39 is 0 Å². The van der Waals surface area contributed by atoms with Gasteiger partial charge in [-0.15, -0.1) is 0 Å². The van der Waals surface area contributed by atoms with Crippen molar-refractivity contribution < 1.29 is 9.15 Å². The first kappa shape index (κ1) is 14.8. The van der Waals surface area contributed by atoms with Gasteiger partial charge < -0.3 is 9.15 Å². The van der Waals surface area contributed by atoms with Crippen LogP contribution in [0.4, 0.5) is 0 Å². The fraction of sp³-hybridized carbons (Fsp3) is 0.200. The zero-order valence-corrected chi connectivity index (χ0v) is 13.4. The molecule has 4 heteroatoms. The second kappa shape index (κ2) is 6.81. The fourth-order valence-electron chi connectivity index (χ4n) is 2.81. The van der Waals surface area contributed by atoms with E-state index in [1.54, 1.807) is 0 Å². The molecule has 2 heterocycles. The smallest absolute Gasteiger partial charge is 0.341 e. The highest BCUT2D eigenvalue weighted by atomic mass is 16.5. The first-order valence-electron chi connectivity index (χ1n) is 8.19. The molecule has 1 saturated heterocycles. The van der Waals surface area contributed by atoms with Crippen molar-refractivity contribution in [2.75, 3.05) is 26.3 Å². The molecule has 4 rings (SSSR count). The molecule has 1 aromatic heterocycles. The minimum absolute atomic E-state index is 0.637. The molecule has 4 nitrogen and oxygen atoms in total. The number of hydrogen-bond donors (Lipinski definition) is 0. The monoisotopic (exact) mass is 319 g/mol. The van der Waals surface area contributed by atoms with Crippen LogP contribution in [0, 0.1) is 0 Å². The Kier molecular flexibility index (Phi) is 4.21. The number of rotatable bonds is 2. The lowest BCUT2D eigenvalue weighted by atomic mass is 10.1. The van der Waals surface area contributed by atoms with Crippen LogP contribution in [0.25, 0.3) is 22.8 Å². The highest BCUT2D eigenvalue weighted by molar-refractivity contribution is 5.59. The van der Waals surface area contributed by atoms with Crippen molar-refractivity contribution in [2.45, 2.75) is 0 Å². The summed E-state index contributed by atoms with van der Waals surface area (Å²) in [6.07, 6.45) is 0. The van der Waals surface area contributed by atoms with Gasteiger partial charge in [0.05, 0.1) is 24.8 Å². The first-order valence-corrected chi connectivity index (χ1v) is 8.19. The Morgan fingerprint density at radius 2 is 1.42 bits per heavy atom. The van der Waals surface area contributed by atoms with Gasteiger partial charge in [0, 0.05) is 5.56 Å². The molecule has 120 valence electrons. The van der Waals surface area contributed by atoms with Crippen molar-refractivity contribution in [1.29, 1.82) is 0 Å². The summed E-state index contributed by atoms with van der Waals surface area (Å²) in [6.45, 7) is 3.16. The molecule has 3 aromatic rings. The van der Waals surface area contributed by atoms with Crippen molar-refractivity contribution in [3.8, 4) is 22.8 Å². The second-order valence-corrected chi connectivity index (χ2v) is 5.72. The van der Waals surface area contributed by atoms with E-state index >= 15 is 0 Å². The number of hydrogen-bond acceptors (Lipinski definition) is 3. The van der Waals surface area contributed by atoms with Gasteiger partial charge in [-0.3, -0.25) is 4.58 Å². The Balaban J connectivity index is 1.91. The zero-order chi connectivity index (χ0) is 16.2. The van der Waals surface area contributed by atoms with Crippen LogP contribution in [-0.4, -0.2) is 31.3 Å². The van der Waals surface area contributed by atoms with Crippen molar-refractivity contribution in [3.05, 3.63) is 72.2 Å². The molecule has 0 N–H and O–H groups in total. The standard InChI is InChI=1S/C20H19N2O2/c1-3-7-16(8-4-1)18-15-19(22-11-13-23-14-12-22)21-20(24-18)17-9-5-2-6-10-17/h1-10,15H,11-14H2/q+1. The number of benzene rings is 2. The van der Waals surface area contributed by atoms with Crippen LogP contribution in [0.3, 0.4) is 0 Å². The Bertz CT molecular complexity index is 818. The molecule has 0 spiro atoms. The lowest BCUT2D eigenvalue weighted by Gasteiger charge is -2.13. The molecule has 0 bridgehead atoms. The van der Waals surface area contributed by atoms with Crippen LogP contribution in [0.2, 0.25) is 0 Å². The molecule has 0 unspecified atom stereocenters. The van der Waals surface area contributed by atoms with E-state index in [9.17, 15) is 0 Å². The summed E-state index contributed by atoms with van der Waals surface area (Å²) in [4.78, 5) is 4.76. The van der Waals surface area contributed by atoms with Gasteiger partial charge in [0.15, 0.2) is 0 Å². The van der Waals surface area contributed by atoms with Crippen LogP contribution < -0.4 is 10.1 Å². The average Bonchev–Trinajstić information content (AvgIpc) is 2.70. The van der Waals surface area contributed by atoms with Gasteiger partial charge in [0.2, 0.25) is 0 Å². The normalized spacial score (nSPS) is 14.6. The van der Waals surface area contributed by atoms with E-state index in [2.05, 4.69) is 16.7 Å². The van der Waals surface area contributed by atoms with E-state index in [4.69, 9.17) is 14.1 Å². The topological polar surface area (TPSA) is 38.3 Å². The molecule has 24 heavy (non-hydrogen) atoms. The second-order valence-electron chi connectivity index (χ2n) is 5.72. The molecule has 0 atom stereocenters. The largest absolute Gasteiger partial charge is 0.419 e. The molecule has 0 aliphatic carbocycles. The van der Waals surface area contributed by atoms with Gasteiger partial charge in [0.1, 0.15) is 18.8 Å². The van der Waals surface area contributed by atoms with Crippen molar-refractivity contribution in [2.24, 2.45) is 0 Å². The number of morpholine rings is 1. The molecule has 1 aliphatic rings. The molecule has 1 aliphatic heterocycles. The van der Waals surface area contributed by atoms with Gasteiger partial charge in [-0.05, 0) is 17.1 Å². The van der Waals surface area contributed by atoms with E-state index in [1.807, 2.05) is 54.6 Å². The van der Waals surface area contributed by atoms with Crippen LogP contribution in [0.5, 0.6) is 0 Å². The first-order chi connectivity index (χ1) is 11.9. The van der Waals surface area contributed by atoms with Gasteiger partial charge in [-0.2, -0.15) is 0 Å². The highest BCUT2D eigenvalue weighted by Crippen LogP contribution is 2.22. The number of ether oxygens (including phenoxy) is 1. The van der Waals surface area contributed by atoms with Crippen molar-refractivity contribution in [3.63, 3.8) is 0 Å². The predicted octanol–water partition coefficient (Wildman–Crippen LogP) is 2.81. The minimum Gasteiger partial charge on any atom is -0.419 e. The average molecular weight is 319 g/mol. The Hall–Kier alpha value is -2.72. The Labute approximate surface area is 140 Å². The molecule has 0 radical (unpaired) electrons. The summed E-state index contributed by atoms with van der Waals surface area (Å²) in [5, 5.41) is 0. The fourth-order valence-corrected chi connectivity index (χ4v) is 2.81. The number of aromatic nitrogens is 1. The predicted molar refractivity (Wildman–Crippen MR) is 93.2 cm³/mol. The van der Waals surface area contributed by atoms with Gasteiger partial charge in [0.25, 0.3) is 0 Å². The summed E-state index contributed by atoms with van der Waals surface area (Å²) in [5.74, 6) is 1.46. The third-order valence-corrected chi connectivity index (χ3v) is 4.10. The summed E-state index contributed by atoms with van der Waals surface area (Å²) in [7, 11) is 0. The summed E-state index contributed by atoms with van der Waals surface area (Å²) < 4.78 is 13.8. The van der Waals surface area contributed by atoms with E-state index in [1.165, 1.54) is 0 Å². The quantitative estimate of drug-likeness (QED) is 0.682. The van der Waals surface area contributed by atoms with Crippen LogP contribution >= 0.6 is 0 Å². The van der Waals surface area contributed by atoms with Crippen LogP contribution in [-0.2, 0) is 4.74 Å². The highest BCUT2D eigenvalue weighted by Gasteiger charge is 2.17. The molecular weight excluding hydrogens is 300 g/mol. The Morgan fingerprint density at radius 3 is 2.08 bits per heavy atom. The minimum atomic E-state index is 0.637. The molecule has 0 amide bonds. The molecular formula is C20H19N2O2+. The lowest BCUT2D eigenvalue weighted by Crippen LogP contribution is -2.41. The van der Waals surface area contributed by atoms with Crippen LogP contribution in [0.1, 0.15) is 0 Å². The van der Waals surface area contributed by atoms with Gasteiger partial charge >= 0.3 is 11.4 Å². The van der Waals surface area contributed by atoms with Crippen LogP contribution in [0.15, 0.2) is 71.1 Å². The number of nitrogens with zero attached hydrogens (tertiary/aromatic N) is 2. The lowest BCUT2D eigenvalue weighted by molar-refractivity contribution is 0.0958. The van der Waals surface area contributed by atoms with E-state index in [0.717, 1.165) is 48.7 Å². The van der Waals surface area contributed by atoms with Gasteiger partial charge in [-0.25, -0.2) is 0 Å². The van der Waals surface area contributed by atoms with Crippen molar-refractivity contribution in [1.82, 2.24) is 9.56 Å². The SMILES string of the molecule is c1ccc(-c2cc(=[N+]3CCOCC3)nc(-c3ccccc3)o2)cc1. The Morgan fingerprint density at radius 1 is 0.792 bits per heavy atom. The zero-order valence-electron chi connectivity index (χ0n) is 13.4. The third kappa shape index (κ3) is 3.14. The summed E-state index contributed by atoms with van der Waals surface area (Å²) in [5.41, 5.74) is 2.96. The summed E-state index contributed by atoms with van der Waals surface area (Å²) >= 11 is 0. The summed E-state index contributed by atoms with van der Waals surface area (Å²) in [6, 6.07) is 22.2.